The van der Waals surface area contributed by atoms with Crippen LogP contribution in [0, 0.1) is 5.92 Å². The van der Waals surface area contributed by atoms with Crippen LogP contribution in [-0.2, 0) is 24.6 Å². The Kier molecular flexibility index (Phi) is 9.52. The summed E-state index contributed by atoms with van der Waals surface area (Å²) in [4.78, 5) is 42.0. The number of hydrogen-bond donors (Lipinski definition) is 0. The Morgan fingerprint density at radius 1 is 1.12 bits per heavy atom. The van der Waals surface area contributed by atoms with Gasteiger partial charge in [0.1, 0.15) is 11.6 Å². The van der Waals surface area contributed by atoms with Crippen LogP contribution in [0.1, 0.15) is 58.9 Å². The molecule has 0 unspecified atom stereocenters. The number of halogens is 1. The van der Waals surface area contributed by atoms with Crippen LogP contribution in [0.25, 0.3) is 0 Å². The monoisotopic (exact) mass is 466 g/mol. The molecule has 0 aliphatic heterocycles. The molecule has 1 aliphatic carbocycles. The maximum atomic E-state index is 13.1. The summed E-state index contributed by atoms with van der Waals surface area (Å²) in [7, 11) is 1.53. The highest BCUT2D eigenvalue weighted by Gasteiger charge is 2.48. The third kappa shape index (κ3) is 5.44. The lowest BCUT2D eigenvalue weighted by Gasteiger charge is -2.43. The molecule has 0 aromatic heterocycles. The number of ether oxygens (including phenoxy) is 2. The highest BCUT2D eigenvalue weighted by atomic mass is 35.5. The Hall–Kier alpha value is -2.12. The Balaban J connectivity index is 2.13. The van der Waals surface area contributed by atoms with Gasteiger partial charge in [-0.25, -0.2) is 4.79 Å². The quantitative estimate of drug-likeness (QED) is 0.390. The van der Waals surface area contributed by atoms with Gasteiger partial charge >= 0.3 is 12.1 Å². The van der Waals surface area contributed by atoms with E-state index in [2.05, 4.69) is 0 Å². The van der Waals surface area contributed by atoms with E-state index < -0.39 is 30.4 Å². The Morgan fingerprint density at radius 3 is 2.34 bits per heavy atom. The minimum absolute atomic E-state index is 0.0455. The molecule has 2 rings (SSSR count). The first-order chi connectivity index (χ1) is 15.2. The Bertz CT molecular complexity index is 811. The van der Waals surface area contributed by atoms with E-state index >= 15 is 0 Å². The first kappa shape index (κ1) is 26.1. The molecule has 1 aromatic carbocycles. The zero-order valence-corrected chi connectivity index (χ0v) is 20.5. The van der Waals surface area contributed by atoms with Gasteiger partial charge < -0.3 is 9.47 Å². The van der Waals surface area contributed by atoms with Crippen LogP contribution in [0.15, 0.2) is 24.3 Å². The molecule has 0 heterocycles. The van der Waals surface area contributed by atoms with Gasteiger partial charge in [-0.2, -0.15) is 0 Å². The topological polar surface area (TPSA) is 76.2 Å². The van der Waals surface area contributed by atoms with E-state index in [0.717, 1.165) is 12.8 Å². The molecule has 178 valence electrons. The van der Waals surface area contributed by atoms with Crippen molar-refractivity contribution >= 4 is 29.4 Å². The second kappa shape index (κ2) is 11.7. The van der Waals surface area contributed by atoms with Crippen LogP contribution < -0.4 is 0 Å². The average molecular weight is 467 g/mol. The molecule has 0 bridgehead atoms. The minimum Gasteiger partial charge on any atom is -0.427 e. The highest BCUT2D eigenvalue weighted by molar-refractivity contribution is 6.31. The molecule has 8 heteroatoms. The average Bonchev–Trinajstić information content (AvgIpc) is 2.77. The molecule has 2 atom stereocenters. The van der Waals surface area contributed by atoms with Crippen molar-refractivity contribution in [1.82, 2.24) is 9.80 Å². The summed E-state index contributed by atoms with van der Waals surface area (Å²) in [6.45, 7) is 8.77. The lowest BCUT2D eigenvalue weighted by molar-refractivity contribution is -0.161. The predicted molar refractivity (Wildman–Crippen MR) is 123 cm³/mol. The Morgan fingerprint density at radius 2 is 1.78 bits per heavy atom. The van der Waals surface area contributed by atoms with E-state index in [-0.39, 0.29) is 11.7 Å². The van der Waals surface area contributed by atoms with Crippen molar-refractivity contribution in [1.29, 1.82) is 0 Å². The van der Waals surface area contributed by atoms with Gasteiger partial charge in [0.25, 0.3) is 0 Å². The summed E-state index contributed by atoms with van der Waals surface area (Å²) >= 11 is 6.42. The number of benzene rings is 1. The van der Waals surface area contributed by atoms with Gasteiger partial charge in [0.15, 0.2) is 5.78 Å². The summed E-state index contributed by atoms with van der Waals surface area (Å²) < 4.78 is 10.6. The molecule has 1 amide bonds. The summed E-state index contributed by atoms with van der Waals surface area (Å²) in [5.74, 6) is -0.465. The zero-order chi connectivity index (χ0) is 23.9. The SMILES string of the molecule is CCN(CC)[C@H](C(=O)OCOC(=O)N(C)[C@]1(c2ccccc2Cl)CCCCC1=O)C(C)C. The van der Waals surface area contributed by atoms with Crippen LogP contribution in [0.3, 0.4) is 0 Å². The second-order valence-electron chi connectivity index (χ2n) is 8.43. The van der Waals surface area contributed by atoms with Crippen molar-refractivity contribution in [2.75, 3.05) is 26.9 Å². The fraction of sp³-hybridized carbons (Fsp3) is 0.625. The molecular formula is C24H35ClN2O5. The number of rotatable bonds is 9. The van der Waals surface area contributed by atoms with Crippen LogP contribution >= 0.6 is 11.6 Å². The maximum Gasteiger partial charge on any atom is 0.413 e. The largest absolute Gasteiger partial charge is 0.427 e. The van der Waals surface area contributed by atoms with Crippen LogP contribution in [0.5, 0.6) is 0 Å². The van der Waals surface area contributed by atoms with E-state index in [4.69, 9.17) is 21.1 Å². The molecule has 7 nitrogen and oxygen atoms in total. The third-order valence-corrected chi connectivity index (χ3v) is 6.61. The zero-order valence-electron chi connectivity index (χ0n) is 19.7. The van der Waals surface area contributed by atoms with E-state index in [9.17, 15) is 14.4 Å². The van der Waals surface area contributed by atoms with Crippen molar-refractivity contribution < 1.29 is 23.9 Å². The van der Waals surface area contributed by atoms with Crippen molar-refractivity contribution in [3.05, 3.63) is 34.9 Å². The van der Waals surface area contributed by atoms with Crippen molar-refractivity contribution in [3.63, 3.8) is 0 Å². The summed E-state index contributed by atoms with van der Waals surface area (Å²) in [5.41, 5.74) is -0.608. The maximum absolute atomic E-state index is 13.1. The normalized spacial score (nSPS) is 19.7. The van der Waals surface area contributed by atoms with Gasteiger partial charge in [-0.05, 0) is 44.3 Å². The van der Waals surface area contributed by atoms with Gasteiger partial charge in [0.05, 0.1) is 0 Å². The standard InChI is InChI=1S/C24H35ClN2O5/c1-6-27(7-2)21(17(3)4)22(29)31-16-32-23(30)26(5)24(15-11-10-14-20(24)28)18-12-8-9-13-19(18)25/h8-9,12-13,17,21H,6-7,10-11,14-16H2,1-5H3/t21-,24-/m0/s1. The molecule has 32 heavy (non-hydrogen) atoms. The first-order valence-electron chi connectivity index (χ1n) is 11.3. The van der Waals surface area contributed by atoms with Gasteiger partial charge in [-0.1, -0.05) is 57.5 Å². The number of esters is 1. The lowest BCUT2D eigenvalue weighted by Crippen LogP contribution is -2.54. The molecule has 0 spiro atoms. The highest BCUT2D eigenvalue weighted by Crippen LogP contribution is 2.42. The van der Waals surface area contributed by atoms with E-state index in [1.54, 1.807) is 24.3 Å². The molecule has 1 saturated carbocycles. The fourth-order valence-electron chi connectivity index (χ4n) is 4.57. The molecule has 1 aliphatic rings. The fourth-order valence-corrected chi connectivity index (χ4v) is 4.86. The van der Waals surface area contributed by atoms with Crippen LogP contribution in [-0.4, -0.2) is 60.6 Å². The molecule has 0 saturated heterocycles. The molecule has 0 radical (unpaired) electrons. The number of hydrogen-bond acceptors (Lipinski definition) is 6. The van der Waals surface area contributed by atoms with Crippen LogP contribution in [0.2, 0.25) is 5.02 Å². The third-order valence-electron chi connectivity index (χ3n) is 6.28. The molecule has 0 N–H and O–H groups in total. The predicted octanol–water partition coefficient (Wildman–Crippen LogP) is 4.61. The van der Waals surface area contributed by atoms with Crippen molar-refractivity contribution in [3.8, 4) is 0 Å². The van der Waals surface area contributed by atoms with E-state index in [1.807, 2.05) is 32.6 Å². The summed E-state index contributed by atoms with van der Waals surface area (Å²) in [6.07, 6.45) is 1.63. The summed E-state index contributed by atoms with van der Waals surface area (Å²) in [6, 6.07) is 6.64. The number of carbonyl (C=O) groups is 3. The Labute approximate surface area is 196 Å². The first-order valence-corrected chi connectivity index (χ1v) is 11.7. The number of ketones is 1. The number of Topliss-reactive ketones (excluding diaryl/α,β-unsaturated/α-hetero) is 1. The van der Waals surface area contributed by atoms with Crippen LogP contribution in [0.4, 0.5) is 4.79 Å². The molecule has 1 fully saturated rings. The number of likely N-dealkylation sites (N-methyl/N-ethyl adjacent to an activating group) is 2. The molecule has 1 aromatic rings. The lowest BCUT2D eigenvalue weighted by atomic mass is 9.74. The van der Waals surface area contributed by atoms with E-state index in [0.29, 0.717) is 36.5 Å². The van der Waals surface area contributed by atoms with Crippen molar-refractivity contribution in [2.24, 2.45) is 5.92 Å². The number of carbonyl (C=O) groups excluding carboxylic acids is 3. The number of nitrogens with zero attached hydrogens (tertiary/aromatic N) is 2. The van der Waals surface area contributed by atoms with Gasteiger partial charge in [0.2, 0.25) is 6.79 Å². The van der Waals surface area contributed by atoms with E-state index in [1.165, 1.54) is 11.9 Å². The van der Waals surface area contributed by atoms with Gasteiger partial charge in [0, 0.05) is 24.1 Å². The summed E-state index contributed by atoms with van der Waals surface area (Å²) in [5, 5.41) is 0.424. The second-order valence-corrected chi connectivity index (χ2v) is 8.84. The molecular weight excluding hydrogens is 432 g/mol. The smallest absolute Gasteiger partial charge is 0.413 e. The van der Waals surface area contributed by atoms with Crippen molar-refractivity contribution in [2.45, 2.75) is 65.0 Å². The minimum atomic E-state index is -1.20. The number of amides is 1. The van der Waals surface area contributed by atoms with Gasteiger partial charge in [-0.15, -0.1) is 0 Å². The van der Waals surface area contributed by atoms with Gasteiger partial charge in [-0.3, -0.25) is 19.4 Å².